The maximum atomic E-state index is 13.4. The van der Waals surface area contributed by atoms with Crippen molar-refractivity contribution in [3.8, 4) is 0 Å². The van der Waals surface area contributed by atoms with E-state index < -0.39 is 17.6 Å². The van der Waals surface area contributed by atoms with E-state index in [1.54, 1.807) is 31.3 Å². The highest BCUT2D eigenvalue weighted by molar-refractivity contribution is 6.06. The Morgan fingerprint density at radius 2 is 2.00 bits per heavy atom. The molecular weight excluding hydrogens is 299 g/mol. The summed E-state index contributed by atoms with van der Waals surface area (Å²) in [6, 6.07) is 9.10. The third kappa shape index (κ3) is 4.99. The normalized spacial score (nSPS) is 11.0. The van der Waals surface area contributed by atoms with Crippen molar-refractivity contribution in [3.63, 3.8) is 0 Å². The van der Waals surface area contributed by atoms with Crippen molar-refractivity contribution >= 4 is 23.2 Å². The van der Waals surface area contributed by atoms with Crippen LogP contribution < -0.4 is 10.7 Å². The van der Waals surface area contributed by atoms with Crippen LogP contribution >= 0.6 is 0 Å². The Bertz CT molecular complexity index is 732. The summed E-state index contributed by atoms with van der Waals surface area (Å²) < 4.78 is 13.4. The molecule has 6 nitrogen and oxygen atoms in total. The fraction of sp³-hybridized carbons (Fsp3) is 0.125. The van der Waals surface area contributed by atoms with E-state index in [4.69, 9.17) is 0 Å². The number of pyridine rings is 1. The van der Waals surface area contributed by atoms with Crippen LogP contribution in [0.1, 0.15) is 23.7 Å². The van der Waals surface area contributed by atoms with E-state index >= 15 is 0 Å². The van der Waals surface area contributed by atoms with Gasteiger partial charge in [0, 0.05) is 18.1 Å². The van der Waals surface area contributed by atoms with Gasteiger partial charge in [-0.3, -0.25) is 14.6 Å². The molecule has 0 aliphatic heterocycles. The topological polar surface area (TPSA) is 83.5 Å². The molecule has 0 saturated heterocycles. The fourth-order valence-corrected chi connectivity index (χ4v) is 1.74. The van der Waals surface area contributed by atoms with E-state index in [0.29, 0.717) is 11.3 Å². The molecule has 0 radical (unpaired) electrons. The first kappa shape index (κ1) is 16.3. The van der Waals surface area contributed by atoms with Crippen LogP contribution in [0.5, 0.6) is 0 Å². The molecule has 23 heavy (non-hydrogen) atoms. The Morgan fingerprint density at radius 3 is 2.70 bits per heavy atom. The number of carbonyl (C=O) groups excluding carboxylic acids is 2. The summed E-state index contributed by atoms with van der Waals surface area (Å²) in [6.07, 6.45) is 2.89. The number of aromatic nitrogens is 1. The number of rotatable bonds is 5. The molecule has 0 aliphatic carbocycles. The number of para-hydroxylation sites is 1. The Labute approximate surface area is 132 Å². The van der Waals surface area contributed by atoms with Gasteiger partial charge in [0.25, 0.3) is 5.91 Å². The van der Waals surface area contributed by atoms with Crippen LogP contribution in [-0.2, 0) is 4.79 Å². The van der Waals surface area contributed by atoms with Gasteiger partial charge in [-0.15, -0.1) is 0 Å². The van der Waals surface area contributed by atoms with Crippen molar-refractivity contribution in [2.24, 2.45) is 5.10 Å². The average molecular weight is 314 g/mol. The summed E-state index contributed by atoms with van der Waals surface area (Å²) in [5.74, 6) is -1.36. The minimum absolute atomic E-state index is 0.0678. The van der Waals surface area contributed by atoms with Crippen molar-refractivity contribution < 1.29 is 14.0 Å². The standard InChI is InChI=1S/C16H15FN4O2/c1-11(20-21-16(23)12-5-4-8-18-10-12)9-15(22)19-14-7-3-2-6-13(14)17/h2-8,10H,9H2,1H3,(H,19,22)(H,21,23). The Kier molecular flexibility index (Phi) is 5.51. The predicted octanol–water partition coefficient (Wildman–Crippen LogP) is 2.36. The zero-order valence-corrected chi connectivity index (χ0v) is 12.4. The van der Waals surface area contributed by atoms with E-state index in [0.717, 1.165) is 0 Å². The summed E-state index contributed by atoms with van der Waals surface area (Å²) >= 11 is 0. The van der Waals surface area contributed by atoms with Crippen LogP contribution in [-0.4, -0.2) is 22.5 Å². The number of benzene rings is 1. The van der Waals surface area contributed by atoms with Crippen LogP contribution in [0.25, 0.3) is 0 Å². The molecule has 0 spiro atoms. The van der Waals surface area contributed by atoms with E-state index in [1.165, 1.54) is 24.4 Å². The number of hydrogen-bond acceptors (Lipinski definition) is 4. The van der Waals surface area contributed by atoms with Gasteiger partial charge in [-0.1, -0.05) is 12.1 Å². The number of hydrogen-bond donors (Lipinski definition) is 2. The van der Waals surface area contributed by atoms with Gasteiger partial charge in [-0.25, -0.2) is 9.82 Å². The third-order valence-corrected chi connectivity index (χ3v) is 2.84. The Balaban J connectivity index is 1.88. The monoisotopic (exact) mass is 314 g/mol. The molecule has 1 aromatic carbocycles. The highest BCUT2D eigenvalue weighted by Gasteiger charge is 2.08. The summed E-state index contributed by atoms with van der Waals surface area (Å²) in [5.41, 5.74) is 3.18. The number of nitrogens with zero attached hydrogens (tertiary/aromatic N) is 2. The Morgan fingerprint density at radius 1 is 1.22 bits per heavy atom. The molecule has 1 heterocycles. The van der Waals surface area contributed by atoms with Gasteiger partial charge in [0.1, 0.15) is 5.82 Å². The van der Waals surface area contributed by atoms with Gasteiger partial charge in [0.05, 0.1) is 17.7 Å². The molecule has 2 aromatic rings. The van der Waals surface area contributed by atoms with Crippen molar-refractivity contribution in [2.75, 3.05) is 5.32 Å². The van der Waals surface area contributed by atoms with Crippen LogP contribution in [0.3, 0.4) is 0 Å². The largest absolute Gasteiger partial charge is 0.323 e. The highest BCUT2D eigenvalue weighted by Crippen LogP contribution is 2.12. The van der Waals surface area contributed by atoms with E-state index in [-0.39, 0.29) is 12.1 Å². The third-order valence-electron chi connectivity index (χ3n) is 2.84. The van der Waals surface area contributed by atoms with Crippen LogP contribution in [0, 0.1) is 5.82 Å². The van der Waals surface area contributed by atoms with Gasteiger partial charge in [-0.05, 0) is 31.2 Å². The second kappa shape index (κ2) is 7.79. The SMILES string of the molecule is CC(CC(=O)Nc1ccccc1F)=NNC(=O)c1cccnc1. The minimum atomic E-state index is -0.514. The van der Waals surface area contributed by atoms with Crippen molar-refractivity contribution in [1.82, 2.24) is 10.4 Å². The number of carbonyl (C=O) groups is 2. The van der Waals surface area contributed by atoms with E-state index in [2.05, 4.69) is 20.8 Å². The second-order valence-corrected chi connectivity index (χ2v) is 4.73. The quantitative estimate of drug-likeness (QED) is 0.656. The average Bonchev–Trinajstić information content (AvgIpc) is 2.55. The van der Waals surface area contributed by atoms with Crippen LogP contribution in [0.15, 0.2) is 53.9 Å². The molecule has 0 atom stereocenters. The molecule has 2 amide bonds. The van der Waals surface area contributed by atoms with Crippen molar-refractivity contribution in [3.05, 3.63) is 60.2 Å². The zero-order valence-electron chi connectivity index (χ0n) is 12.4. The number of anilines is 1. The zero-order chi connectivity index (χ0) is 16.7. The summed E-state index contributed by atoms with van der Waals surface area (Å²) in [5, 5.41) is 6.28. The molecule has 2 N–H and O–H groups in total. The van der Waals surface area contributed by atoms with Gasteiger partial charge < -0.3 is 5.32 Å². The number of halogens is 1. The first-order valence-corrected chi connectivity index (χ1v) is 6.84. The smallest absolute Gasteiger partial charge is 0.272 e. The van der Waals surface area contributed by atoms with Gasteiger partial charge in [-0.2, -0.15) is 5.10 Å². The van der Waals surface area contributed by atoms with Gasteiger partial charge >= 0.3 is 0 Å². The lowest BCUT2D eigenvalue weighted by atomic mass is 10.2. The molecule has 7 heteroatoms. The first-order valence-electron chi connectivity index (χ1n) is 6.84. The molecule has 1 aromatic heterocycles. The van der Waals surface area contributed by atoms with Crippen LogP contribution in [0.2, 0.25) is 0 Å². The molecule has 0 bridgehead atoms. The fourth-order valence-electron chi connectivity index (χ4n) is 1.74. The lowest BCUT2D eigenvalue weighted by Crippen LogP contribution is -2.21. The lowest BCUT2D eigenvalue weighted by molar-refractivity contribution is -0.115. The Hall–Kier alpha value is -3.09. The molecule has 0 aliphatic rings. The first-order chi connectivity index (χ1) is 11.1. The minimum Gasteiger partial charge on any atom is -0.323 e. The lowest BCUT2D eigenvalue weighted by Gasteiger charge is -2.06. The van der Waals surface area contributed by atoms with E-state index in [1.807, 2.05) is 0 Å². The van der Waals surface area contributed by atoms with Gasteiger partial charge in [0.2, 0.25) is 5.91 Å². The van der Waals surface area contributed by atoms with E-state index in [9.17, 15) is 14.0 Å². The molecule has 0 unspecified atom stereocenters. The maximum Gasteiger partial charge on any atom is 0.272 e. The maximum absolute atomic E-state index is 13.4. The molecular formula is C16H15FN4O2. The second-order valence-electron chi connectivity index (χ2n) is 4.73. The summed E-state index contributed by atoms with van der Waals surface area (Å²) in [4.78, 5) is 27.4. The molecule has 0 fully saturated rings. The van der Waals surface area contributed by atoms with Crippen molar-refractivity contribution in [2.45, 2.75) is 13.3 Å². The molecule has 2 rings (SSSR count). The number of nitrogens with one attached hydrogen (secondary N) is 2. The number of amides is 2. The van der Waals surface area contributed by atoms with Gasteiger partial charge in [0.15, 0.2) is 0 Å². The molecule has 0 saturated carbocycles. The summed E-state index contributed by atoms with van der Waals surface area (Å²) in [7, 11) is 0. The highest BCUT2D eigenvalue weighted by atomic mass is 19.1. The number of hydrazone groups is 1. The summed E-state index contributed by atoms with van der Waals surface area (Å²) in [6.45, 7) is 1.59. The van der Waals surface area contributed by atoms with Crippen LogP contribution in [0.4, 0.5) is 10.1 Å². The molecule has 118 valence electrons. The van der Waals surface area contributed by atoms with Crippen molar-refractivity contribution in [1.29, 1.82) is 0 Å². The predicted molar refractivity (Wildman–Crippen MR) is 84.5 cm³/mol.